The molecule has 0 unspecified atom stereocenters. The Hall–Kier alpha value is -3.59. The van der Waals surface area contributed by atoms with Gasteiger partial charge in [-0.05, 0) is 84.3 Å². The van der Waals surface area contributed by atoms with Crippen molar-refractivity contribution in [1.29, 1.82) is 0 Å². The van der Waals surface area contributed by atoms with Gasteiger partial charge in [0.25, 0.3) is 0 Å². The lowest BCUT2D eigenvalue weighted by atomic mass is 9.80. The summed E-state index contributed by atoms with van der Waals surface area (Å²) in [6, 6.07) is 32.6. The molecule has 0 spiro atoms. The van der Waals surface area contributed by atoms with Crippen LogP contribution in [0.5, 0.6) is 23.0 Å². The largest absolute Gasteiger partial charge is 0.457 e. The number of hydrogen-bond acceptors (Lipinski definition) is 2. The molecule has 0 amide bonds. The zero-order valence-corrected chi connectivity index (χ0v) is 19.1. The zero-order valence-electron chi connectivity index (χ0n) is 19.1. The third kappa shape index (κ3) is 6.23. The zero-order chi connectivity index (χ0) is 23.1. The fourth-order valence-electron chi connectivity index (χ4n) is 3.87. The van der Waals surface area contributed by atoms with Gasteiger partial charge < -0.3 is 9.47 Å². The number of halogens is 1. The van der Waals surface area contributed by atoms with Crippen LogP contribution in [0.15, 0.2) is 103 Å². The predicted molar refractivity (Wildman–Crippen MR) is 132 cm³/mol. The van der Waals surface area contributed by atoms with Gasteiger partial charge in [-0.1, -0.05) is 68.4 Å². The van der Waals surface area contributed by atoms with Crippen LogP contribution in [0.2, 0.25) is 0 Å². The molecule has 4 aromatic carbocycles. The van der Waals surface area contributed by atoms with Crippen LogP contribution in [-0.4, -0.2) is 0 Å². The maximum atomic E-state index is 14.2. The highest BCUT2D eigenvalue weighted by Crippen LogP contribution is 2.32. The Labute approximate surface area is 195 Å². The standard InChI is InChI=1S/C30H29FO2/c1-30(2,24-16-18-27(19-17-24)32-25-11-5-3-6-12-25)21-9-10-23-15-20-28(31)29(22-23)33-26-13-7-4-8-14-26/h3-8,11-20,22H,9-10,21H2,1-2H3. The summed E-state index contributed by atoms with van der Waals surface area (Å²) in [6.07, 6.45) is 2.87. The quantitative estimate of drug-likeness (QED) is 0.259. The van der Waals surface area contributed by atoms with E-state index < -0.39 is 0 Å². The van der Waals surface area contributed by atoms with Crippen LogP contribution < -0.4 is 9.47 Å². The van der Waals surface area contributed by atoms with Crippen LogP contribution in [0.4, 0.5) is 4.39 Å². The SMILES string of the molecule is CC(C)(CCCc1ccc(F)c(Oc2ccccc2)c1)c1ccc(Oc2ccccc2)cc1. The fourth-order valence-corrected chi connectivity index (χ4v) is 3.87. The van der Waals surface area contributed by atoms with Gasteiger partial charge in [-0.3, -0.25) is 0 Å². The number of para-hydroxylation sites is 2. The molecule has 4 rings (SSSR count). The van der Waals surface area contributed by atoms with E-state index in [2.05, 4.69) is 26.0 Å². The van der Waals surface area contributed by atoms with E-state index in [1.54, 1.807) is 0 Å². The van der Waals surface area contributed by atoms with Gasteiger partial charge in [0.2, 0.25) is 0 Å². The first-order chi connectivity index (χ1) is 16.0. The van der Waals surface area contributed by atoms with Crippen LogP contribution in [-0.2, 0) is 11.8 Å². The molecular weight excluding hydrogens is 411 g/mol. The van der Waals surface area contributed by atoms with E-state index in [0.29, 0.717) is 5.75 Å². The van der Waals surface area contributed by atoms with Crippen LogP contribution in [0, 0.1) is 5.82 Å². The lowest BCUT2D eigenvalue weighted by Gasteiger charge is -2.25. The average molecular weight is 441 g/mol. The molecule has 3 heteroatoms. The molecule has 0 aliphatic carbocycles. The third-order valence-corrected chi connectivity index (χ3v) is 5.85. The monoisotopic (exact) mass is 440 g/mol. The maximum Gasteiger partial charge on any atom is 0.165 e. The Morgan fingerprint density at radius 1 is 0.667 bits per heavy atom. The Kier molecular flexibility index (Phi) is 7.09. The van der Waals surface area contributed by atoms with Gasteiger partial charge >= 0.3 is 0 Å². The normalized spacial score (nSPS) is 11.2. The molecule has 0 saturated heterocycles. The molecule has 0 bridgehead atoms. The summed E-state index contributed by atoms with van der Waals surface area (Å²) in [4.78, 5) is 0. The first kappa shape index (κ1) is 22.6. The first-order valence-corrected chi connectivity index (χ1v) is 11.3. The highest BCUT2D eigenvalue weighted by Gasteiger charge is 2.20. The molecule has 0 fully saturated rings. The van der Waals surface area contributed by atoms with Gasteiger partial charge in [0, 0.05) is 0 Å². The minimum absolute atomic E-state index is 0.0225. The minimum Gasteiger partial charge on any atom is -0.457 e. The van der Waals surface area contributed by atoms with Gasteiger partial charge in [-0.25, -0.2) is 4.39 Å². The Balaban J connectivity index is 1.34. The highest BCUT2D eigenvalue weighted by molar-refractivity contribution is 5.37. The molecule has 168 valence electrons. The lowest BCUT2D eigenvalue weighted by molar-refractivity contribution is 0.439. The van der Waals surface area contributed by atoms with Crippen molar-refractivity contribution in [3.05, 3.63) is 120 Å². The molecular formula is C30H29FO2. The van der Waals surface area contributed by atoms with Crippen LogP contribution in [0.1, 0.15) is 37.8 Å². The molecule has 0 aliphatic heterocycles. The molecule has 33 heavy (non-hydrogen) atoms. The molecule has 0 atom stereocenters. The summed E-state index contributed by atoms with van der Waals surface area (Å²) in [7, 11) is 0. The average Bonchev–Trinajstić information content (AvgIpc) is 2.83. The molecule has 0 heterocycles. The first-order valence-electron chi connectivity index (χ1n) is 11.3. The number of hydrogen-bond donors (Lipinski definition) is 0. The Morgan fingerprint density at radius 3 is 1.88 bits per heavy atom. The number of benzene rings is 4. The molecule has 4 aromatic rings. The van der Waals surface area contributed by atoms with E-state index in [0.717, 1.165) is 36.3 Å². The van der Waals surface area contributed by atoms with Gasteiger partial charge in [0.15, 0.2) is 11.6 Å². The van der Waals surface area contributed by atoms with Crippen molar-refractivity contribution in [3.8, 4) is 23.0 Å². The van der Waals surface area contributed by atoms with Crippen molar-refractivity contribution in [2.24, 2.45) is 0 Å². The van der Waals surface area contributed by atoms with Crippen molar-refractivity contribution in [1.82, 2.24) is 0 Å². The fraction of sp³-hybridized carbons (Fsp3) is 0.200. The van der Waals surface area contributed by atoms with E-state index in [1.165, 1.54) is 11.6 Å². The predicted octanol–water partition coefficient (Wildman–Crippen LogP) is 8.71. The molecule has 0 N–H and O–H groups in total. The number of rotatable bonds is 9. The van der Waals surface area contributed by atoms with Crippen molar-refractivity contribution < 1.29 is 13.9 Å². The maximum absolute atomic E-state index is 14.2. The topological polar surface area (TPSA) is 18.5 Å². The van der Waals surface area contributed by atoms with E-state index in [4.69, 9.17) is 9.47 Å². The Morgan fingerprint density at radius 2 is 1.24 bits per heavy atom. The molecule has 0 radical (unpaired) electrons. The number of ether oxygens (including phenoxy) is 2. The van der Waals surface area contributed by atoms with Crippen LogP contribution in [0.25, 0.3) is 0 Å². The van der Waals surface area contributed by atoms with Gasteiger partial charge in [0.1, 0.15) is 17.2 Å². The van der Waals surface area contributed by atoms with E-state index in [1.807, 2.05) is 84.9 Å². The second-order valence-corrected chi connectivity index (χ2v) is 8.86. The summed E-state index contributed by atoms with van der Waals surface area (Å²) < 4.78 is 25.9. The van der Waals surface area contributed by atoms with E-state index >= 15 is 0 Å². The molecule has 0 aromatic heterocycles. The third-order valence-electron chi connectivity index (χ3n) is 5.85. The molecule has 2 nitrogen and oxygen atoms in total. The van der Waals surface area contributed by atoms with Crippen molar-refractivity contribution in [2.45, 2.75) is 38.5 Å². The summed E-state index contributed by atoms with van der Waals surface area (Å²) in [5.74, 6) is 2.22. The highest BCUT2D eigenvalue weighted by atomic mass is 19.1. The summed E-state index contributed by atoms with van der Waals surface area (Å²) in [5.41, 5.74) is 2.37. The molecule has 0 aliphatic rings. The van der Waals surface area contributed by atoms with E-state index in [9.17, 15) is 4.39 Å². The second kappa shape index (κ2) is 10.4. The smallest absolute Gasteiger partial charge is 0.165 e. The number of aryl methyl sites for hydroxylation is 1. The van der Waals surface area contributed by atoms with Crippen molar-refractivity contribution in [3.63, 3.8) is 0 Å². The summed E-state index contributed by atoms with van der Waals surface area (Å²) in [6.45, 7) is 4.52. The molecule has 0 saturated carbocycles. The summed E-state index contributed by atoms with van der Waals surface area (Å²) >= 11 is 0. The van der Waals surface area contributed by atoms with Crippen LogP contribution >= 0.6 is 0 Å². The van der Waals surface area contributed by atoms with Crippen LogP contribution in [0.3, 0.4) is 0 Å². The summed E-state index contributed by atoms with van der Waals surface area (Å²) in [5, 5.41) is 0. The van der Waals surface area contributed by atoms with Crippen molar-refractivity contribution >= 4 is 0 Å². The second-order valence-electron chi connectivity index (χ2n) is 8.86. The van der Waals surface area contributed by atoms with Gasteiger partial charge in [-0.15, -0.1) is 0 Å². The van der Waals surface area contributed by atoms with Gasteiger partial charge in [0.05, 0.1) is 0 Å². The van der Waals surface area contributed by atoms with E-state index in [-0.39, 0.29) is 17.0 Å². The van der Waals surface area contributed by atoms with Gasteiger partial charge in [-0.2, -0.15) is 0 Å². The Bertz CT molecular complexity index is 1150. The van der Waals surface area contributed by atoms with Crippen molar-refractivity contribution in [2.75, 3.05) is 0 Å². The lowest BCUT2D eigenvalue weighted by Crippen LogP contribution is -2.17. The minimum atomic E-state index is -0.347.